The van der Waals surface area contributed by atoms with Crippen LogP contribution in [-0.2, 0) is 14.3 Å². The predicted molar refractivity (Wildman–Crippen MR) is 112 cm³/mol. The zero-order valence-electron chi connectivity index (χ0n) is 16.7. The SMILES string of the molecule is C=CC(=O)NCCC(=O)N(CC(/C=C/OC)=C/C=C\C)c1cccc(OC)c1. The first kappa shape index (κ1) is 22.8. The van der Waals surface area contributed by atoms with Crippen molar-refractivity contribution in [2.75, 3.05) is 32.2 Å². The summed E-state index contributed by atoms with van der Waals surface area (Å²) in [6.45, 7) is 5.89. The number of hydrogen-bond acceptors (Lipinski definition) is 4. The number of methoxy groups -OCH3 is 2. The van der Waals surface area contributed by atoms with E-state index in [9.17, 15) is 9.59 Å². The van der Waals surface area contributed by atoms with E-state index < -0.39 is 0 Å². The molecule has 6 nitrogen and oxygen atoms in total. The second-order valence-corrected chi connectivity index (χ2v) is 5.73. The van der Waals surface area contributed by atoms with Crippen LogP contribution in [0.5, 0.6) is 5.75 Å². The van der Waals surface area contributed by atoms with Gasteiger partial charge in [0.05, 0.1) is 27.0 Å². The Bertz CT molecular complexity index is 751. The van der Waals surface area contributed by atoms with Crippen molar-refractivity contribution in [2.24, 2.45) is 0 Å². The molecule has 6 heteroatoms. The molecule has 1 aromatic rings. The molecule has 0 aromatic heterocycles. The van der Waals surface area contributed by atoms with Crippen molar-refractivity contribution >= 4 is 17.5 Å². The van der Waals surface area contributed by atoms with E-state index in [4.69, 9.17) is 9.47 Å². The Kier molecular flexibility index (Phi) is 10.5. The quantitative estimate of drug-likeness (QED) is 0.361. The van der Waals surface area contributed by atoms with E-state index in [-0.39, 0.29) is 24.8 Å². The van der Waals surface area contributed by atoms with Gasteiger partial charge in [-0.15, -0.1) is 0 Å². The van der Waals surface area contributed by atoms with E-state index in [1.54, 1.807) is 37.5 Å². The van der Waals surface area contributed by atoms with Crippen LogP contribution in [0.4, 0.5) is 5.69 Å². The summed E-state index contributed by atoms with van der Waals surface area (Å²) in [4.78, 5) is 25.9. The van der Waals surface area contributed by atoms with Crippen LogP contribution in [0.2, 0.25) is 0 Å². The topological polar surface area (TPSA) is 67.9 Å². The maximum atomic E-state index is 12.9. The molecule has 0 saturated carbocycles. The van der Waals surface area contributed by atoms with E-state index in [0.29, 0.717) is 18.0 Å². The minimum atomic E-state index is -0.308. The van der Waals surface area contributed by atoms with E-state index in [2.05, 4.69) is 11.9 Å². The first-order chi connectivity index (χ1) is 13.5. The smallest absolute Gasteiger partial charge is 0.243 e. The van der Waals surface area contributed by atoms with Gasteiger partial charge in [0.2, 0.25) is 11.8 Å². The van der Waals surface area contributed by atoms with Crippen molar-refractivity contribution < 1.29 is 19.1 Å². The van der Waals surface area contributed by atoms with Crippen molar-refractivity contribution in [3.63, 3.8) is 0 Å². The van der Waals surface area contributed by atoms with Gasteiger partial charge in [-0.3, -0.25) is 9.59 Å². The lowest BCUT2D eigenvalue weighted by atomic mass is 10.1. The van der Waals surface area contributed by atoms with Crippen LogP contribution in [-0.4, -0.2) is 39.1 Å². The van der Waals surface area contributed by atoms with E-state index in [0.717, 1.165) is 5.57 Å². The zero-order chi connectivity index (χ0) is 20.8. The molecule has 0 atom stereocenters. The van der Waals surface area contributed by atoms with E-state index in [1.165, 1.54) is 6.08 Å². The molecule has 0 radical (unpaired) electrons. The van der Waals surface area contributed by atoms with Crippen LogP contribution >= 0.6 is 0 Å². The number of benzene rings is 1. The van der Waals surface area contributed by atoms with Crippen LogP contribution in [0, 0.1) is 0 Å². The summed E-state index contributed by atoms with van der Waals surface area (Å²) >= 11 is 0. The highest BCUT2D eigenvalue weighted by atomic mass is 16.5. The van der Waals surface area contributed by atoms with Gasteiger partial charge in [0.1, 0.15) is 5.75 Å². The summed E-state index contributed by atoms with van der Waals surface area (Å²) in [5, 5.41) is 2.63. The lowest BCUT2D eigenvalue weighted by Gasteiger charge is -2.24. The molecular weight excluding hydrogens is 356 g/mol. The summed E-state index contributed by atoms with van der Waals surface area (Å²) in [7, 11) is 3.14. The van der Waals surface area contributed by atoms with Gasteiger partial charge < -0.3 is 19.7 Å². The first-order valence-electron chi connectivity index (χ1n) is 8.91. The second kappa shape index (κ2) is 13.0. The normalized spacial score (nSPS) is 11.5. The molecule has 0 aliphatic heterocycles. The molecule has 1 rings (SSSR count). The average molecular weight is 384 g/mol. The Labute approximate surface area is 166 Å². The molecular formula is C22H28N2O4. The van der Waals surface area contributed by atoms with Crippen LogP contribution < -0.4 is 15.0 Å². The fourth-order valence-electron chi connectivity index (χ4n) is 2.32. The highest BCUT2D eigenvalue weighted by Crippen LogP contribution is 2.23. The molecule has 0 bridgehead atoms. The van der Waals surface area contributed by atoms with Crippen LogP contribution in [0.1, 0.15) is 13.3 Å². The molecule has 0 aliphatic carbocycles. The number of hydrogen-bond donors (Lipinski definition) is 1. The maximum absolute atomic E-state index is 12.9. The number of nitrogens with one attached hydrogen (secondary N) is 1. The zero-order valence-corrected chi connectivity index (χ0v) is 16.7. The number of anilines is 1. The highest BCUT2D eigenvalue weighted by Gasteiger charge is 2.17. The predicted octanol–water partition coefficient (Wildman–Crippen LogP) is 3.38. The monoisotopic (exact) mass is 384 g/mol. The summed E-state index contributed by atoms with van der Waals surface area (Å²) < 4.78 is 10.3. The average Bonchev–Trinajstić information content (AvgIpc) is 2.72. The van der Waals surface area contributed by atoms with Crippen molar-refractivity contribution in [3.05, 3.63) is 73.1 Å². The molecule has 2 amide bonds. The van der Waals surface area contributed by atoms with Gasteiger partial charge in [0.15, 0.2) is 0 Å². The molecule has 0 saturated heterocycles. The summed E-state index contributed by atoms with van der Waals surface area (Å²) in [6.07, 6.45) is 10.4. The maximum Gasteiger partial charge on any atom is 0.243 e. The summed E-state index contributed by atoms with van der Waals surface area (Å²) in [5.41, 5.74) is 1.59. The third kappa shape index (κ3) is 7.95. The van der Waals surface area contributed by atoms with Crippen molar-refractivity contribution in [3.8, 4) is 5.75 Å². The van der Waals surface area contributed by atoms with Gasteiger partial charge in [0, 0.05) is 24.7 Å². The van der Waals surface area contributed by atoms with Crippen molar-refractivity contribution in [1.82, 2.24) is 5.32 Å². The first-order valence-corrected chi connectivity index (χ1v) is 8.91. The molecule has 0 fully saturated rings. The Morgan fingerprint density at radius 2 is 2.07 bits per heavy atom. The lowest BCUT2D eigenvalue weighted by Crippen LogP contribution is -2.35. The fourth-order valence-corrected chi connectivity index (χ4v) is 2.32. The molecule has 150 valence electrons. The Balaban J connectivity index is 3.11. The van der Waals surface area contributed by atoms with Crippen LogP contribution in [0.25, 0.3) is 0 Å². The molecule has 28 heavy (non-hydrogen) atoms. The van der Waals surface area contributed by atoms with Crippen LogP contribution in [0.15, 0.2) is 73.1 Å². The van der Waals surface area contributed by atoms with E-state index in [1.807, 2.05) is 43.4 Å². The Morgan fingerprint density at radius 3 is 2.71 bits per heavy atom. The number of ether oxygens (including phenoxy) is 2. The van der Waals surface area contributed by atoms with Gasteiger partial charge in [-0.05, 0) is 36.8 Å². The number of carbonyl (C=O) groups excluding carboxylic acids is 2. The van der Waals surface area contributed by atoms with Crippen molar-refractivity contribution in [1.29, 1.82) is 0 Å². The minimum Gasteiger partial charge on any atom is -0.504 e. The van der Waals surface area contributed by atoms with Gasteiger partial charge >= 0.3 is 0 Å². The second-order valence-electron chi connectivity index (χ2n) is 5.73. The largest absolute Gasteiger partial charge is 0.504 e. The lowest BCUT2D eigenvalue weighted by molar-refractivity contribution is -0.119. The number of amides is 2. The fraction of sp³-hybridized carbons (Fsp3) is 0.273. The number of allylic oxidation sites excluding steroid dienone is 3. The van der Waals surface area contributed by atoms with Crippen molar-refractivity contribution in [2.45, 2.75) is 13.3 Å². The minimum absolute atomic E-state index is 0.130. The Morgan fingerprint density at radius 1 is 1.29 bits per heavy atom. The molecule has 1 aromatic carbocycles. The molecule has 0 heterocycles. The van der Waals surface area contributed by atoms with Crippen LogP contribution in [0.3, 0.4) is 0 Å². The Hall–Kier alpha value is -3.28. The number of rotatable bonds is 11. The summed E-state index contributed by atoms with van der Waals surface area (Å²) in [5.74, 6) is 0.217. The van der Waals surface area contributed by atoms with Gasteiger partial charge in [-0.2, -0.15) is 0 Å². The molecule has 1 N–H and O–H groups in total. The summed E-state index contributed by atoms with van der Waals surface area (Å²) in [6, 6.07) is 7.29. The van der Waals surface area contributed by atoms with E-state index >= 15 is 0 Å². The van der Waals surface area contributed by atoms with Gasteiger partial charge in [-0.1, -0.05) is 30.9 Å². The molecule has 0 unspecified atom stereocenters. The van der Waals surface area contributed by atoms with Gasteiger partial charge in [0.25, 0.3) is 0 Å². The number of carbonyl (C=O) groups is 2. The molecule has 0 spiro atoms. The number of nitrogens with zero attached hydrogens (tertiary/aromatic N) is 1. The standard InChI is InChI=1S/C22H28N2O4/c1-5-7-9-18(13-15-27-3)17-24(19-10-8-11-20(16-19)28-4)22(26)12-14-23-21(25)6-2/h5-11,13,15-16H,2,12,14,17H2,1,3-4H3,(H,23,25)/b7-5-,15-13+,18-9+. The molecule has 0 aliphatic rings. The third-order valence-corrected chi connectivity index (χ3v) is 3.75. The third-order valence-electron chi connectivity index (χ3n) is 3.75. The van der Waals surface area contributed by atoms with Gasteiger partial charge in [-0.25, -0.2) is 0 Å². The highest BCUT2D eigenvalue weighted by molar-refractivity contribution is 5.94.